The number of nitriles is 1. The minimum atomic E-state index is -1.17. The molecule has 0 aliphatic heterocycles. The van der Waals surface area contributed by atoms with Gasteiger partial charge in [0.2, 0.25) is 11.8 Å². The van der Waals surface area contributed by atoms with E-state index in [9.17, 15) is 19.6 Å². The van der Waals surface area contributed by atoms with Crippen LogP contribution >= 0.6 is 0 Å². The van der Waals surface area contributed by atoms with Gasteiger partial charge in [0, 0.05) is 11.1 Å². The predicted molar refractivity (Wildman–Crippen MR) is 121 cm³/mol. The number of terminal acetylenes is 1. The normalized spacial score (nSPS) is 13.0. The van der Waals surface area contributed by atoms with Gasteiger partial charge < -0.3 is 20.3 Å². The number of benzene rings is 1. The number of rotatable bonds is 6. The highest BCUT2D eigenvalue weighted by Crippen LogP contribution is 2.26. The molecule has 0 aliphatic carbocycles. The molecular weight excluding hydrogens is 408 g/mol. The van der Waals surface area contributed by atoms with Gasteiger partial charge in [0.05, 0.1) is 6.07 Å². The molecule has 0 radical (unpaired) electrons. The summed E-state index contributed by atoms with van der Waals surface area (Å²) in [5, 5.41) is 14.7. The van der Waals surface area contributed by atoms with Gasteiger partial charge in [-0.25, -0.2) is 4.79 Å². The van der Waals surface area contributed by atoms with E-state index in [0.29, 0.717) is 11.1 Å². The summed E-state index contributed by atoms with van der Waals surface area (Å²) < 4.78 is 5.20. The molecule has 3 amide bonds. The van der Waals surface area contributed by atoms with Gasteiger partial charge in [-0.2, -0.15) is 5.26 Å². The van der Waals surface area contributed by atoms with Crippen LogP contribution < -0.4 is 10.6 Å². The number of hydrogen-bond donors (Lipinski definition) is 2. The van der Waals surface area contributed by atoms with Crippen LogP contribution in [0.1, 0.15) is 65.6 Å². The summed E-state index contributed by atoms with van der Waals surface area (Å²) in [5.74, 6) is 1.41. The van der Waals surface area contributed by atoms with Crippen molar-refractivity contribution in [1.82, 2.24) is 15.5 Å². The minimum Gasteiger partial charge on any atom is -0.444 e. The van der Waals surface area contributed by atoms with Gasteiger partial charge in [-0.3, -0.25) is 9.59 Å². The Labute approximate surface area is 190 Å². The number of amides is 3. The van der Waals surface area contributed by atoms with E-state index in [1.807, 2.05) is 6.07 Å². The zero-order chi connectivity index (χ0) is 24.7. The Bertz CT molecular complexity index is 929. The number of nitrogens with zero attached hydrogens (tertiary/aromatic N) is 2. The molecule has 0 fully saturated rings. The smallest absolute Gasteiger partial charge is 0.408 e. The van der Waals surface area contributed by atoms with Crippen LogP contribution in [0, 0.1) is 23.7 Å². The van der Waals surface area contributed by atoms with Gasteiger partial charge in [0.15, 0.2) is 0 Å². The third-order valence-electron chi connectivity index (χ3n) is 4.10. The van der Waals surface area contributed by atoms with Crippen LogP contribution in [0.15, 0.2) is 24.3 Å². The summed E-state index contributed by atoms with van der Waals surface area (Å²) in [6.45, 7) is 11.6. The van der Waals surface area contributed by atoms with Crippen molar-refractivity contribution in [3.05, 3.63) is 35.4 Å². The Morgan fingerprint density at radius 2 is 1.75 bits per heavy atom. The van der Waals surface area contributed by atoms with Crippen molar-refractivity contribution in [3.8, 4) is 18.4 Å². The lowest BCUT2D eigenvalue weighted by atomic mass is 9.96. The second kappa shape index (κ2) is 10.7. The third-order valence-corrected chi connectivity index (χ3v) is 4.10. The molecule has 2 atom stereocenters. The van der Waals surface area contributed by atoms with E-state index < -0.39 is 41.1 Å². The summed E-state index contributed by atoms with van der Waals surface area (Å²) in [7, 11) is 0. The maximum atomic E-state index is 13.3. The molecule has 0 spiro atoms. The monoisotopic (exact) mass is 440 g/mol. The Balaban J connectivity index is 3.40. The first kappa shape index (κ1) is 26.5. The molecule has 172 valence electrons. The van der Waals surface area contributed by atoms with Crippen molar-refractivity contribution in [2.75, 3.05) is 6.54 Å². The van der Waals surface area contributed by atoms with Gasteiger partial charge in [-0.05, 0) is 60.1 Å². The van der Waals surface area contributed by atoms with Crippen LogP contribution in [-0.2, 0) is 14.3 Å². The molecule has 2 N–H and O–H groups in total. The maximum absolute atomic E-state index is 13.3. The summed E-state index contributed by atoms with van der Waals surface area (Å²) >= 11 is 0. The van der Waals surface area contributed by atoms with Gasteiger partial charge in [-0.1, -0.05) is 24.1 Å². The van der Waals surface area contributed by atoms with E-state index in [1.54, 1.807) is 65.8 Å². The van der Waals surface area contributed by atoms with Crippen LogP contribution in [-0.4, -0.2) is 46.5 Å². The molecule has 32 heavy (non-hydrogen) atoms. The zero-order valence-electron chi connectivity index (χ0n) is 19.8. The number of carbonyl (C=O) groups is 3. The van der Waals surface area contributed by atoms with Gasteiger partial charge in [0.1, 0.15) is 24.2 Å². The van der Waals surface area contributed by atoms with E-state index in [-0.39, 0.29) is 6.54 Å². The molecular formula is C24H32N4O4. The second-order valence-corrected chi connectivity index (χ2v) is 9.37. The van der Waals surface area contributed by atoms with Crippen LogP contribution in [0.25, 0.3) is 0 Å². The van der Waals surface area contributed by atoms with Crippen LogP contribution in [0.4, 0.5) is 4.79 Å². The highest BCUT2D eigenvalue weighted by molar-refractivity contribution is 5.92. The van der Waals surface area contributed by atoms with Gasteiger partial charge >= 0.3 is 6.09 Å². The molecule has 0 bridgehead atoms. The fourth-order valence-electron chi connectivity index (χ4n) is 2.92. The van der Waals surface area contributed by atoms with Crippen molar-refractivity contribution in [3.63, 3.8) is 0 Å². The van der Waals surface area contributed by atoms with E-state index in [2.05, 4.69) is 16.6 Å². The lowest BCUT2D eigenvalue weighted by Crippen LogP contribution is -2.54. The molecule has 0 saturated heterocycles. The zero-order valence-corrected chi connectivity index (χ0v) is 19.8. The number of hydrogen-bond acceptors (Lipinski definition) is 5. The van der Waals surface area contributed by atoms with Gasteiger partial charge in [-0.15, -0.1) is 6.42 Å². The number of nitrogens with one attached hydrogen (secondary N) is 2. The summed E-state index contributed by atoms with van der Waals surface area (Å²) in [4.78, 5) is 39.8. The Morgan fingerprint density at radius 1 is 1.16 bits per heavy atom. The third kappa shape index (κ3) is 7.96. The van der Waals surface area contributed by atoms with E-state index in [4.69, 9.17) is 11.2 Å². The van der Waals surface area contributed by atoms with Crippen molar-refractivity contribution in [1.29, 1.82) is 5.26 Å². The Hall–Kier alpha value is -3.52. The quantitative estimate of drug-likeness (QED) is 0.522. The Morgan fingerprint density at radius 3 is 2.25 bits per heavy atom. The molecule has 1 aromatic rings. The van der Waals surface area contributed by atoms with Crippen LogP contribution in [0.2, 0.25) is 0 Å². The molecule has 8 nitrogen and oxygen atoms in total. The first-order valence-corrected chi connectivity index (χ1v) is 10.2. The van der Waals surface area contributed by atoms with Crippen molar-refractivity contribution in [2.45, 2.75) is 71.7 Å². The SMILES string of the molecule is C#Cc1ccccc1C(C(=O)NC(C)(C)C)N(CC#N)C(=O)C(C)NC(=O)OC(C)(C)C. The summed E-state index contributed by atoms with van der Waals surface area (Å²) in [6.07, 6.45) is 4.84. The van der Waals surface area contributed by atoms with Crippen LogP contribution in [0.5, 0.6) is 0 Å². The molecule has 0 aromatic heterocycles. The number of ether oxygens (including phenoxy) is 1. The van der Waals surface area contributed by atoms with E-state index in [1.165, 1.54) is 6.92 Å². The molecule has 0 heterocycles. The fraction of sp³-hybridized carbons (Fsp3) is 0.500. The Kier molecular flexibility index (Phi) is 8.85. The number of alkyl carbamates (subject to hydrolysis) is 1. The maximum Gasteiger partial charge on any atom is 0.408 e. The second-order valence-electron chi connectivity index (χ2n) is 9.37. The summed E-state index contributed by atoms with van der Waals surface area (Å²) in [5.41, 5.74) is -0.516. The van der Waals surface area contributed by atoms with Gasteiger partial charge in [0.25, 0.3) is 0 Å². The molecule has 8 heteroatoms. The lowest BCUT2D eigenvalue weighted by molar-refractivity contribution is -0.142. The topological polar surface area (TPSA) is 112 Å². The molecule has 1 rings (SSSR count). The van der Waals surface area contributed by atoms with Crippen molar-refractivity contribution < 1.29 is 19.1 Å². The van der Waals surface area contributed by atoms with Crippen LogP contribution in [0.3, 0.4) is 0 Å². The predicted octanol–water partition coefficient (Wildman–Crippen LogP) is 2.89. The molecule has 0 saturated carbocycles. The largest absolute Gasteiger partial charge is 0.444 e. The van der Waals surface area contributed by atoms with Crippen molar-refractivity contribution in [2.24, 2.45) is 0 Å². The highest BCUT2D eigenvalue weighted by atomic mass is 16.6. The average Bonchev–Trinajstić information content (AvgIpc) is 2.64. The molecule has 1 aromatic carbocycles. The molecule has 0 aliphatic rings. The average molecular weight is 441 g/mol. The highest BCUT2D eigenvalue weighted by Gasteiger charge is 2.36. The summed E-state index contributed by atoms with van der Waals surface area (Å²) in [6, 6.07) is 6.43. The lowest BCUT2D eigenvalue weighted by Gasteiger charge is -2.34. The molecule has 2 unspecified atom stereocenters. The first-order valence-electron chi connectivity index (χ1n) is 10.2. The fourth-order valence-corrected chi connectivity index (χ4v) is 2.92. The first-order chi connectivity index (χ1) is 14.7. The van der Waals surface area contributed by atoms with E-state index in [0.717, 1.165) is 4.90 Å². The van der Waals surface area contributed by atoms with E-state index >= 15 is 0 Å². The minimum absolute atomic E-state index is 0.389. The van der Waals surface area contributed by atoms with Crippen molar-refractivity contribution >= 4 is 17.9 Å². The standard InChI is InChI=1S/C24H32N4O4/c1-9-17-12-10-11-13-18(17)19(20(29)27-23(3,4)5)28(15-14-25)21(30)16(2)26-22(31)32-24(6,7)8/h1,10-13,16,19H,15H2,2-8H3,(H,26,31)(H,27,29). The number of carbonyl (C=O) groups excluding carboxylic acids is 3.